The molecule has 1 unspecified atom stereocenters. The number of carbonyl (C=O) groups is 1. The first-order chi connectivity index (χ1) is 9.15. The smallest absolute Gasteiger partial charge is 0.231 e. The van der Waals surface area contributed by atoms with Gasteiger partial charge >= 0.3 is 0 Å². The lowest BCUT2D eigenvalue weighted by atomic mass is 9.80. The molecule has 0 spiro atoms. The lowest BCUT2D eigenvalue weighted by Gasteiger charge is -2.28. The summed E-state index contributed by atoms with van der Waals surface area (Å²) in [5, 5.41) is 0. The van der Waals surface area contributed by atoms with Gasteiger partial charge in [-0.2, -0.15) is 0 Å². The molecule has 1 heterocycles. The van der Waals surface area contributed by atoms with Gasteiger partial charge in [0.1, 0.15) is 5.78 Å². The molecule has 1 saturated carbocycles. The van der Waals surface area contributed by atoms with Gasteiger partial charge in [0.05, 0.1) is 0 Å². The van der Waals surface area contributed by atoms with Gasteiger partial charge in [0, 0.05) is 18.9 Å². The molecule has 4 heteroatoms. The van der Waals surface area contributed by atoms with Crippen molar-refractivity contribution >= 4 is 5.78 Å². The van der Waals surface area contributed by atoms with E-state index in [-0.39, 0.29) is 12.8 Å². The number of ether oxygens (including phenoxy) is 2. The van der Waals surface area contributed by atoms with E-state index in [1.54, 1.807) is 0 Å². The first-order valence-corrected chi connectivity index (χ1v) is 6.82. The average Bonchev–Trinajstić information content (AvgIpc) is 2.85. The van der Waals surface area contributed by atoms with E-state index in [1.807, 2.05) is 19.1 Å². The van der Waals surface area contributed by atoms with Crippen LogP contribution >= 0.6 is 0 Å². The number of hydrogen-bond acceptors (Lipinski definition) is 4. The Kier molecular flexibility index (Phi) is 3.19. The fraction of sp³-hybridized carbons (Fsp3) is 0.533. The third kappa shape index (κ3) is 2.32. The van der Waals surface area contributed by atoms with E-state index < -0.39 is 0 Å². The molecule has 0 radical (unpaired) electrons. The Labute approximate surface area is 112 Å². The predicted molar refractivity (Wildman–Crippen MR) is 71.2 cm³/mol. The van der Waals surface area contributed by atoms with Crippen LogP contribution in [-0.2, 0) is 4.79 Å². The van der Waals surface area contributed by atoms with E-state index in [2.05, 4.69) is 0 Å². The maximum Gasteiger partial charge on any atom is 0.231 e. The van der Waals surface area contributed by atoms with E-state index in [1.165, 1.54) is 0 Å². The number of rotatable bonds is 2. The van der Waals surface area contributed by atoms with Crippen LogP contribution in [0.5, 0.6) is 11.5 Å². The van der Waals surface area contributed by atoms with Crippen LogP contribution in [0.3, 0.4) is 0 Å². The van der Waals surface area contributed by atoms with Crippen molar-refractivity contribution in [1.82, 2.24) is 0 Å². The molecule has 1 aliphatic heterocycles. The fourth-order valence-corrected chi connectivity index (χ4v) is 2.99. The van der Waals surface area contributed by atoms with Crippen LogP contribution in [0.1, 0.15) is 42.9 Å². The Morgan fingerprint density at radius 3 is 2.53 bits per heavy atom. The Morgan fingerprint density at radius 1 is 1.21 bits per heavy atom. The molecule has 1 aliphatic carbocycles. The van der Waals surface area contributed by atoms with Crippen molar-refractivity contribution in [2.24, 2.45) is 11.7 Å². The van der Waals surface area contributed by atoms with Gasteiger partial charge in [-0.25, -0.2) is 0 Å². The Balaban J connectivity index is 1.83. The van der Waals surface area contributed by atoms with Gasteiger partial charge in [-0.05, 0) is 48.9 Å². The van der Waals surface area contributed by atoms with Crippen molar-refractivity contribution in [3.63, 3.8) is 0 Å². The number of ketones is 1. The molecule has 3 rings (SSSR count). The number of carbonyl (C=O) groups excluding carboxylic acids is 1. The van der Waals surface area contributed by atoms with Crippen LogP contribution in [-0.4, -0.2) is 12.6 Å². The standard InChI is InChI=1S/C15H19NO3/c1-9-6-13-14(19-8-18-13)7-12(9)15(16)10-2-4-11(17)5-3-10/h6-7,10,15H,2-5,8,16H2,1H3. The van der Waals surface area contributed by atoms with E-state index in [0.717, 1.165) is 35.5 Å². The quantitative estimate of drug-likeness (QED) is 0.888. The minimum Gasteiger partial charge on any atom is -0.454 e. The number of fused-ring (bicyclic) bond motifs is 1. The molecule has 0 bridgehead atoms. The van der Waals surface area contributed by atoms with E-state index in [9.17, 15) is 4.79 Å². The summed E-state index contributed by atoms with van der Waals surface area (Å²) in [5.74, 6) is 2.33. The van der Waals surface area contributed by atoms with Crippen LogP contribution < -0.4 is 15.2 Å². The molecule has 1 aromatic carbocycles. The van der Waals surface area contributed by atoms with Crippen molar-refractivity contribution in [1.29, 1.82) is 0 Å². The molecule has 4 nitrogen and oxygen atoms in total. The summed E-state index contributed by atoms with van der Waals surface area (Å²) >= 11 is 0. The number of Topliss-reactive ketones (excluding diaryl/α,β-unsaturated/α-hetero) is 1. The molecule has 2 N–H and O–H groups in total. The summed E-state index contributed by atoms with van der Waals surface area (Å²) in [4.78, 5) is 11.3. The monoisotopic (exact) mass is 261 g/mol. The highest BCUT2D eigenvalue weighted by Gasteiger charge is 2.27. The highest BCUT2D eigenvalue weighted by Crippen LogP contribution is 2.39. The maximum atomic E-state index is 11.3. The highest BCUT2D eigenvalue weighted by atomic mass is 16.7. The van der Waals surface area contributed by atoms with Gasteiger partial charge in [0.25, 0.3) is 0 Å². The van der Waals surface area contributed by atoms with Crippen molar-refractivity contribution in [3.05, 3.63) is 23.3 Å². The van der Waals surface area contributed by atoms with Gasteiger partial charge < -0.3 is 15.2 Å². The first kappa shape index (κ1) is 12.5. The van der Waals surface area contributed by atoms with Crippen LogP contribution in [0, 0.1) is 12.8 Å². The molecule has 1 aromatic rings. The molecule has 102 valence electrons. The van der Waals surface area contributed by atoms with E-state index in [4.69, 9.17) is 15.2 Å². The number of hydrogen-bond donors (Lipinski definition) is 1. The average molecular weight is 261 g/mol. The van der Waals surface area contributed by atoms with Gasteiger partial charge in [0.2, 0.25) is 6.79 Å². The van der Waals surface area contributed by atoms with Crippen LogP contribution in [0.25, 0.3) is 0 Å². The molecule has 0 amide bonds. The Hall–Kier alpha value is -1.55. The zero-order valence-corrected chi connectivity index (χ0v) is 11.1. The lowest BCUT2D eigenvalue weighted by Crippen LogP contribution is -2.26. The minimum absolute atomic E-state index is 0.0254. The predicted octanol–water partition coefficient (Wildman–Crippen LogP) is 2.48. The zero-order chi connectivity index (χ0) is 13.4. The summed E-state index contributed by atoms with van der Waals surface area (Å²) in [5.41, 5.74) is 8.65. The summed E-state index contributed by atoms with van der Waals surface area (Å²) in [6, 6.07) is 3.96. The van der Waals surface area contributed by atoms with Crippen LogP contribution in [0.15, 0.2) is 12.1 Å². The largest absolute Gasteiger partial charge is 0.454 e. The Morgan fingerprint density at radius 2 is 1.84 bits per heavy atom. The second kappa shape index (κ2) is 4.85. The molecule has 0 aromatic heterocycles. The highest BCUT2D eigenvalue weighted by molar-refractivity contribution is 5.79. The van der Waals surface area contributed by atoms with Crippen molar-refractivity contribution < 1.29 is 14.3 Å². The molecular weight excluding hydrogens is 242 g/mol. The number of nitrogens with two attached hydrogens (primary N) is 1. The second-order valence-electron chi connectivity index (χ2n) is 5.46. The molecule has 19 heavy (non-hydrogen) atoms. The van der Waals surface area contributed by atoms with Crippen LogP contribution in [0.2, 0.25) is 0 Å². The molecule has 2 aliphatic rings. The SMILES string of the molecule is Cc1cc2c(cc1C(N)C1CCC(=O)CC1)OCO2. The summed E-state index contributed by atoms with van der Waals surface area (Å²) in [6.45, 7) is 2.33. The van der Waals surface area contributed by atoms with Gasteiger partial charge in [-0.1, -0.05) is 0 Å². The normalized spacial score (nSPS) is 20.6. The number of aryl methyl sites for hydroxylation is 1. The van der Waals surface area contributed by atoms with Crippen molar-refractivity contribution in [2.75, 3.05) is 6.79 Å². The van der Waals surface area contributed by atoms with Gasteiger partial charge in [0.15, 0.2) is 11.5 Å². The summed E-state index contributed by atoms with van der Waals surface area (Å²) in [7, 11) is 0. The maximum absolute atomic E-state index is 11.3. The second-order valence-corrected chi connectivity index (χ2v) is 5.46. The minimum atomic E-state index is -0.0254. The lowest BCUT2D eigenvalue weighted by molar-refractivity contribution is -0.121. The third-order valence-corrected chi connectivity index (χ3v) is 4.22. The summed E-state index contributed by atoms with van der Waals surface area (Å²) < 4.78 is 10.8. The van der Waals surface area contributed by atoms with Crippen molar-refractivity contribution in [2.45, 2.75) is 38.6 Å². The molecular formula is C15H19NO3. The first-order valence-electron chi connectivity index (χ1n) is 6.82. The molecule has 0 saturated heterocycles. The number of benzene rings is 1. The summed E-state index contributed by atoms with van der Waals surface area (Å²) in [6.07, 6.45) is 3.13. The van der Waals surface area contributed by atoms with Crippen molar-refractivity contribution in [3.8, 4) is 11.5 Å². The topological polar surface area (TPSA) is 61.6 Å². The molecule has 1 fully saturated rings. The fourth-order valence-electron chi connectivity index (χ4n) is 2.99. The van der Waals surface area contributed by atoms with Gasteiger partial charge in [-0.3, -0.25) is 4.79 Å². The van der Waals surface area contributed by atoms with Crippen LogP contribution in [0.4, 0.5) is 0 Å². The van der Waals surface area contributed by atoms with E-state index >= 15 is 0 Å². The third-order valence-electron chi connectivity index (χ3n) is 4.22. The van der Waals surface area contributed by atoms with E-state index in [0.29, 0.717) is 24.5 Å². The van der Waals surface area contributed by atoms with Gasteiger partial charge in [-0.15, -0.1) is 0 Å². The Bertz CT molecular complexity index is 502. The zero-order valence-electron chi connectivity index (χ0n) is 11.1. The molecule has 1 atom stereocenters.